The Balaban J connectivity index is 0.00000169. The van der Waals surface area contributed by atoms with Gasteiger partial charge in [0.25, 0.3) is 5.91 Å². The van der Waals surface area contributed by atoms with Crippen LogP contribution in [0.1, 0.15) is 36.2 Å². The van der Waals surface area contributed by atoms with Crippen LogP contribution in [0.15, 0.2) is 12.1 Å². The molecule has 1 amide bonds. The van der Waals surface area contributed by atoms with Crippen LogP contribution in [0.5, 0.6) is 0 Å². The number of amides is 1. The van der Waals surface area contributed by atoms with Gasteiger partial charge in [-0.2, -0.15) is 0 Å². The second kappa shape index (κ2) is 10.9. The van der Waals surface area contributed by atoms with Crippen molar-refractivity contribution in [3.8, 4) is 0 Å². The Bertz CT molecular complexity index is 541. The summed E-state index contributed by atoms with van der Waals surface area (Å²) in [7, 11) is 1.72. The molecule has 3 heterocycles. The maximum atomic E-state index is 12.4. The fourth-order valence-electron chi connectivity index (χ4n) is 3.55. The molecule has 2 aliphatic rings. The number of hydrogen-bond donors (Lipinski definition) is 2. The molecule has 0 unspecified atom stereocenters. The Morgan fingerprint density at radius 3 is 2.50 bits per heavy atom. The molecule has 1 aromatic rings. The summed E-state index contributed by atoms with van der Waals surface area (Å²) in [4.78, 5) is 14.6. The molecule has 0 aliphatic carbocycles. The SMILES string of the molecule is COCC1(CNC(=O)c2ccc(N3CCCC3)nn2)CCNCC1.Cl.Cl. The van der Waals surface area contributed by atoms with Crippen molar-refractivity contribution in [2.45, 2.75) is 25.7 Å². The van der Waals surface area contributed by atoms with E-state index in [1.54, 1.807) is 13.2 Å². The predicted octanol–water partition coefficient (Wildman–Crippen LogP) is 1.67. The van der Waals surface area contributed by atoms with Crippen molar-refractivity contribution in [1.82, 2.24) is 20.8 Å². The Morgan fingerprint density at radius 1 is 1.23 bits per heavy atom. The highest BCUT2D eigenvalue weighted by molar-refractivity contribution is 5.92. The van der Waals surface area contributed by atoms with Gasteiger partial charge in [0.05, 0.1) is 6.61 Å². The summed E-state index contributed by atoms with van der Waals surface area (Å²) in [6.07, 6.45) is 4.39. The molecule has 0 bridgehead atoms. The first kappa shape index (κ1) is 22.9. The van der Waals surface area contributed by atoms with Crippen molar-refractivity contribution in [2.75, 3.05) is 51.3 Å². The lowest BCUT2D eigenvalue weighted by atomic mass is 9.79. The third kappa shape index (κ3) is 5.67. The molecule has 0 saturated carbocycles. The molecule has 3 rings (SSSR count). The third-order valence-electron chi connectivity index (χ3n) is 5.05. The van der Waals surface area contributed by atoms with Crippen molar-refractivity contribution >= 4 is 36.5 Å². The molecule has 0 spiro atoms. The highest BCUT2D eigenvalue weighted by Crippen LogP contribution is 2.28. The Labute approximate surface area is 167 Å². The Morgan fingerprint density at radius 2 is 1.92 bits per heavy atom. The van der Waals surface area contributed by atoms with E-state index in [0.717, 1.165) is 44.8 Å². The van der Waals surface area contributed by atoms with Gasteiger partial charge in [-0.25, -0.2) is 0 Å². The summed E-state index contributed by atoms with van der Waals surface area (Å²) >= 11 is 0. The summed E-state index contributed by atoms with van der Waals surface area (Å²) in [5.74, 6) is 0.697. The summed E-state index contributed by atoms with van der Waals surface area (Å²) in [5, 5.41) is 14.7. The van der Waals surface area contributed by atoms with Gasteiger partial charge in [-0.15, -0.1) is 35.0 Å². The van der Waals surface area contributed by atoms with Crippen molar-refractivity contribution in [1.29, 1.82) is 0 Å². The minimum Gasteiger partial charge on any atom is -0.384 e. The molecule has 9 heteroatoms. The van der Waals surface area contributed by atoms with Crippen LogP contribution in [-0.4, -0.2) is 62.5 Å². The smallest absolute Gasteiger partial charge is 0.271 e. The van der Waals surface area contributed by atoms with E-state index in [0.29, 0.717) is 18.8 Å². The number of aromatic nitrogens is 2. The highest BCUT2D eigenvalue weighted by Gasteiger charge is 2.32. The molecular formula is C17H29Cl2N5O2. The number of carbonyl (C=O) groups excluding carboxylic acids is 1. The van der Waals surface area contributed by atoms with Gasteiger partial charge < -0.3 is 20.3 Å². The van der Waals surface area contributed by atoms with Crippen LogP contribution < -0.4 is 15.5 Å². The standard InChI is InChI=1S/C17H27N5O2.2ClH/c1-24-13-17(6-8-18-9-7-17)12-19-16(23)14-4-5-15(21-20-14)22-10-2-3-11-22;;/h4-5,18H,2-3,6-13H2,1H3,(H,19,23);2*1H. The second-order valence-electron chi connectivity index (χ2n) is 6.84. The van der Waals surface area contributed by atoms with Crippen LogP contribution in [0, 0.1) is 5.41 Å². The first-order valence-electron chi connectivity index (χ1n) is 8.79. The van der Waals surface area contributed by atoms with Crippen LogP contribution in [0.2, 0.25) is 0 Å². The molecule has 0 radical (unpaired) electrons. The second-order valence-corrected chi connectivity index (χ2v) is 6.84. The van der Waals surface area contributed by atoms with E-state index >= 15 is 0 Å². The zero-order valence-corrected chi connectivity index (χ0v) is 16.8. The highest BCUT2D eigenvalue weighted by atomic mass is 35.5. The van der Waals surface area contributed by atoms with Crippen LogP contribution in [0.3, 0.4) is 0 Å². The number of ether oxygens (including phenoxy) is 1. The topological polar surface area (TPSA) is 79.4 Å². The van der Waals surface area contributed by atoms with Gasteiger partial charge in [0, 0.05) is 32.2 Å². The first-order valence-corrected chi connectivity index (χ1v) is 8.79. The summed E-state index contributed by atoms with van der Waals surface area (Å²) < 4.78 is 5.38. The number of nitrogens with zero attached hydrogens (tertiary/aromatic N) is 3. The molecule has 2 saturated heterocycles. The Kier molecular flexibility index (Phi) is 9.57. The molecule has 26 heavy (non-hydrogen) atoms. The molecule has 148 valence electrons. The van der Waals surface area contributed by atoms with Gasteiger partial charge in [-0.3, -0.25) is 4.79 Å². The van der Waals surface area contributed by atoms with Gasteiger partial charge in [0.15, 0.2) is 11.5 Å². The van der Waals surface area contributed by atoms with Gasteiger partial charge in [-0.1, -0.05) is 0 Å². The lowest BCUT2D eigenvalue weighted by molar-refractivity contribution is 0.0510. The number of halogens is 2. The van der Waals surface area contributed by atoms with Crippen molar-refractivity contribution in [3.05, 3.63) is 17.8 Å². The van der Waals surface area contributed by atoms with E-state index in [2.05, 4.69) is 25.7 Å². The molecule has 0 aromatic carbocycles. The molecule has 2 fully saturated rings. The summed E-state index contributed by atoms with van der Waals surface area (Å²) in [6, 6.07) is 3.66. The largest absolute Gasteiger partial charge is 0.384 e. The maximum Gasteiger partial charge on any atom is 0.271 e. The van der Waals surface area contributed by atoms with Gasteiger partial charge in [-0.05, 0) is 50.9 Å². The molecule has 1 aromatic heterocycles. The number of carbonyl (C=O) groups is 1. The van der Waals surface area contributed by atoms with Crippen molar-refractivity contribution < 1.29 is 9.53 Å². The number of piperidine rings is 1. The number of nitrogens with one attached hydrogen (secondary N) is 2. The summed E-state index contributed by atoms with van der Waals surface area (Å²) in [5.41, 5.74) is 0.387. The van der Waals surface area contributed by atoms with Gasteiger partial charge in [0.2, 0.25) is 0 Å². The van der Waals surface area contributed by atoms with Crippen LogP contribution in [-0.2, 0) is 4.74 Å². The van der Waals surface area contributed by atoms with E-state index < -0.39 is 0 Å². The third-order valence-corrected chi connectivity index (χ3v) is 5.05. The number of anilines is 1. The number of methoxy groups -OCH3 is 1. The van der Waals surface area contributed by atoms with Crippen molar-refractivity contribution in [3.63, 3.8) is 0 Å². The maximum absolute atomic E-state index is 12.4. The average molecular weight is 406 g/mol. The zero-order chi connectivity index (χ0) is 16.8. The molecule has 7 nitrogen and oxygen atoms in total. The number of hydrogen-bond acceptors (Lipinski definition) is 6. The van der Waals surface area contributed by atoms with E-state index in [4.69, 9.17) is 4.74 Å². The van der Waals surface area contributed by atoms with E-state index in [1.807, 2.05) is 6.07 Å². The van der Waals surface area contributed by atoms with Gasteiger partial charge in [0.1, 0.15) is 0 Å². The molecular weight excluding hydrogens is 377 g/mol. The molecule has 0 atom stereocenters. The lowest BCUT2D eigenvalue weighted by Gasteiger charge is -2.37. The minimum absolute atomic E-state index is 0. The van der Waals surface area contributed by atoms with Crippen LogP contribution >= 0.6 is 24.8 Å². The fourth-order valence-corrected chi connectivity index (χ4v) is 3.55. The van der Waals surface area contributed by atoms with Gasteiger partial charge >= 0.3 is 0 Å². The predicted molar refractivity (Wildman–Crippen MR) is 107 cm³/mol. The van der Waals surface area contributed by atoms with E-state index in [-0.39, 0.29) is 36.1 Å². The zero-order valence-electron chi connectivity index (χ0n) is 15.2. The Hall–Kier alpha value is -1.15. The van der Waals surface area contributed by atoms with Crippen LogP contribution in [0.25, 0.3) is 0 Å². The minimum atomic E-state index is -0.163. The monoisotopic (exact) mass is 405 g/mol. The normalized spacial score (nSPS) is 18.6. The van der Waals surface area contributed by atoms with Crippen LogP contribution in [0.4, 0.5) is 5.82 Å². The molecule has 2 N–H and O–H groups in total. The average Bonchev–Trinajstić information content (AvgIpc) is 3.16. The number of rotatable bonds is 6. The lowest BCUT2D eigenvalue weighted by Crippen LogP contribution is -2.47. The van der Waals surface area contributed by atoms with Crippen molar-refractivity contribution in [2.24, 2.45) is 5.41 Å². The molecule has 2 aliphatic heterocycles. The van der Waals surface area contributed by atoms with E-state index in [9.17, 15) is 4.79 Å². The van der Waals surface area contributed by atoms with E-state index in [1.165, 1.54) is 12.8 Å². The summed E-state index contributed by atoms with van der Waals surface area (Å²) in [6.45, 7) is 5.24. The quantitative estimate of drug-likeness (QED) is 0.748. The fraction of sp³-hybridized carbons (Fsp3) is 0.706. The first-order chi connectivity index (χ1) is 11.7.